The summed E-state index contributed by atoms with van der Waals surface area (Å²) >= 11 is 7.15. The molecule has 1 amide bonds. The van der Waals surface area contributed by atoms with E-state index in [-0.39, 0.29) is 17.7 Å². The van der Waals surface area contributed by atoms with E-state index in [4.69, 9.17) is 20.8 Å². The van der Waals surface area contributed by atoms with Gasteiger partial charge in [0.05, 0.1) is 18.3 Å². The monoisotopic (exact) mass is 309 g/mol. The largest absolute Gasteiger partial charge is 0.467 e. The Kier molecular flexibility index (Phi) is 3.53. The van der Waals surface area contributed by atoms with Gasteiger partial charge in [-0.25, -0.2) is 9.78 Å². The highest BCUT2D eigenvalue weighted by Gasteiger charge is 2.13. The first-order valence-corrected chi connectivity index (χ1v) is 6.87. The Hall–Kier alpha value is -2.12. The number of hydrogen-bond acceptors (Lipinski definition) is 6. The fraction of sp³-hybridized carbons (Fsp3) is 0.0833. The summed E-state index contributed by atoms with van der Waals surface area (Å²) in [4.78, 5) is 19.7. The van der Waals surface area contributed by atoms with E-state index in [0.29, 0.717) is 16.0 Å². The van der Waals surface area contributed by atoms with Crippen LogP contribution >= 0.6 is 22.9 Å². The fourth-order valence-corrected chi connectivity index (χ4v) is 2.50. The Labute approximate surface area is 122 Å². The molecule has 0 aliphatic rings. The zero-order chi connectivity index (χ0) is 13.9. The number of carbonyl (C=O) groups excluding carboxylic acids is 1. The number of fused-ring (bicyclic) bond motifs is 1. The highest BCUT2D eigenvalue weighted by Crippen LogP contribution is 2.28. The van der Waals surface area contributed by atoms with Gasteiger partial charge in [0.2, 0.25) is 11.2 Å². The zero-order valence-corrected chi connectivity index (χ0v) is 11.6. The molecule has 0 unspecified atom stereocenters. The predicted molar refractivity (Wildman–Crippen MR) is 74.0 cm³/mol. The van der Waals surface area contributed by atoms with Crippen LogP contribution in [0.5, 0.6) is 5.88 Å². The molecule has 3 rings (SSSR count). The van der Waals surface area contributed by atoms with Gasteiger partial charge < -0.3 is 14.5 Å². The molecule has 0 atom stereocenters. The minimum Gasteiger partial charge on any atom is -0.467 e. The lowest BCUT2D eigenvalue weighted by atomic mass is 10.4. The number of ether oxygens (including phenoxy) is 1. The second kappa shape index (κ2) is 5.48. The normalized spacial score (nSPS) is 10.7. The lowest BCUT2D eigenvalue weighted by molar-refractivity contribution is 0.198. The van der Waals surface area contributed by atoms with E-state index in [1.165, 1.54) is 17.6 Å². The molecule has 8 heteroatoms. The number of carbonyl (C=O) groups is 1. The van der Waals surface area contributed by atoms with Gasteiger partial charge >= 0.3 is 6.09 Å². The maximum absolute atomic E-state index is 11.7. The lowest BCUT2D eigenvalue weighted by Crippen LogP contribution is -2.26. The summed E-state index contributed by atoms with van der Waals surface area (Å²) in [5, 5.41) is 4.41. The number of hydrogen-bond donors (Lipinski definition) is 1. The van der Waals surface area contributed by atoms with Crippen LogP contribution in [-0.2, 0) is 6.54 Å². The molecule has 0 aliphatic heterocycles. The second-order valence-electron chi connectivity index (χ2n) is 3.76. The number of rotatable bonds is 3. The summed E-state index contributed by atoms with van der Waals surface area (Å²) in [6.07, 6.45) is 0.896. The molecule has 0 spiro atoms. The average Bonchev–Trinajstić information content (AvgIpc) is 3.06. The molecule has 0 saturated heterocycles. The van der Waals surface area contributed by atoms with Crippen LogP contribution in [0.15, 0.2) is 34.3 Å². The van der Waals surface area contributed by atoms with Crippen molar-refractivity contribution >= 4 is 39.2 Å². The van der Waals surface area contributed by atoms with Crippen LogP contribution in [0.1, 0.15) is 5.76 Å². The Balaban J connectivity index is 1.72. The highest BCUT2D eigenvalue weighted by molar-refractivity contribution is 7.17. The molecule has 3 heterocycles. The molecule has 0 aromatic carbocycles. The average molecular weight is 310 g/mol. The summed E-state index contributed by atoms with van der Waals surface area (Å²) in [6.45, 7) is 0.234. The molecule has 0 bridgehead atoms. The van der Waals surface area contributed by atoms with Crippen LogP contribution in [0.3, 0.4) is 0 Å². The summed E-state index contributed by atoms with van der Waals surface area (Å²) in [5.41, 5.74) is 0.642. The number of thiophene rings is 1. The minimum atomic E-state index is -0.633. The number of nitrogens with zero attached hydrogens (tertiary/aromatic N) is 2. The Morgan fingerprint density at radius 2 is 2.35 bits per heavy atom. The third kappa shape index (κ3) is 2.73. The minimum absolute atomic E-state index is 0.0322. The van der Waals surface area contributed by atoms with Gasteiger partial charge in [-0.3, -0.25) is 0 Å². The summed E-state index contributed by atoms with van der Waals surface area (Å²) in [6, 6.07) is 5.27. The smallest absolute Gasteiger partial charge is 0.414 e. The van der Waals surface area contributed by atoms with Gasteiger partial charge in [0.25, 0.3) is 0 Å². The van der Waals surface area contributed by atoms with Crippen molar-refractivity contribution in [1.29, 1.82) is 0 Å². The van der Waals surface area contributed by atoms with E-state index >= 15 is 0 Å². The number of furan rings is 1. The maximum Gasteiger partial charge on any atom is 0.414 e. The van der Waals surface area contributed by atoms with Crippen LogP contribution in [0.25, 0.3) is 10.2 Å². The van der Waals surface area contributed by atoms with Gasteiger partial charge in [0.15, 0.2) is 0 Å². The van der Waals surface area contributed by atoms with Crippen molar-refractivity contribution in [3.8, 4) is 5.88 Å². The van der Waals surface area contributed by atoms with Crippen molar-refractivity contribution < 1.29 is 13.9 Å². The van der Waals surface area contributed by atoms with Crippen LogP contribution in [-0.4, -0.2) is 16.1 Å². The van der Waals surface area contributed by atoms with E-state index in [1.807, 2.05) is 5.38 Å². The van der Waals surface area contributed by atoms with Crippen molar-refractivity contribution in [1.82, 2.24) is 15.3 Å². The van der Waals surface area contributed by atoms with Crippen LogP contribution in [0, 0.1) is 0 Å². The molecule has 3 aromatic rings. The van der Waals surface area contributed by atoms with E-state index in [0.717, 1.165) is 0 Å². The van der Waals surface area contributed by atoms with E-state index in [9.17, 15) is 4.79 Å². The number of nitrogens with one attached hydrogen (secondary N) is 1. The number of halogens is 1. The van der Waals surface area contributed by atoms with Crippen molar-refractivity contribution in [2.24, 2.45) is 0 Å². The SMILES string of the molecule is O=C(NCc1ccco1)Oc1nc(Cl)nc2ccsc12. The molecule has 20 heavy (non-hydrogen) atoms. The molecule has 0 aliphatic carbocycles. The van der Waals surface area contributed by atoms with E-state index in [1.54, 1.807) is 18.2 Å². The van der Waals surface area contributed by atoms with Gasteiger partial charge in [-0.2, -0.15) is 4.98 Å². The van der Waals surface area contributed by atoms with Crippen LogP contribution in [0.4, 0.5) is 4.79 Å². The maximum atomic E-state index is 11.7. The first-order valence-electron chi connectivity index (χ1n) is 5.61. The van der Waals surface area contributed by atoms with Crippen molar-refractivity contribution in [3.63, 3.8) is 0 Å². The molecular weight excluding hydrogens is 302 g/mol. The number of amides is 1. The van der Waals surface area contributed by atoms with Crippen molar-refractivity contribution in [2.75, 3.05) is 0 Å². The Morgan fingerprint density at radius 3 is 3.15 bits per heavy atom. The molecule has 6 nitrogen and oxygen atoms in total. The lowest BCUT2D eigenvalue weighted by Gasteiger charge is -2.05. The standard InChI is InChI=1S/C12H8ClN3O3S/c13-11-15-8-3-5-20-9(8)10(16-11)19-12(17)14-6-7-2-1-4-18-7/h1-5H,6H2,(H,14,17). The predicted octanol–water partition coefficient (Wildman–Crippen LogP) is 3.23. The molecule has 102 valence electrons. The van der Waals surface area contributed by atoms with Gasteiger partial charge in [-0.05, 0) is 35.2 Å². The summed E-state index contributed by atoms with van der Waals surface area (Å²) < 4.78 is 10.9. The third-order valence-electron chi connectivity index (χ3n) is 2.42. The molecular formula is C12H8ClN3O3S. The highest BCUT2D eigenvalue weighted by atomic mass is 35.5. The molecule has 1 N–H and O–H groups in total. The topological polar surface area (TPSA) is 77.2 Å². The Bertz CT molecular complexity index is 742. The van der Waals surface area contributed by atoms with E-state index in [2.05, 4.69) is 15.3 Å². The number of aromatic nitrogens is 2. The summed E-state index contributed by atoms with van der Waals surface area (Å²) in [5.74, 6) is 0.774. The molecule has 0 fully saturated rings. The van der Waals surface area contributed by atoms with Crippen molar-refractivity contribution in [3.05, 3.63) is 40.9 Å². The zero-order valence-electron chi connectivity index (χ0n) is 10.00. The molecule has 0 radical (unpaired) electrons. The Morgan fingerprint density at radius 1 is 1.45 bits per heavy atom. The quantitative estimate of drug-likeness (QED) is 0.752. The first-order chi connectivity index (χ1) is 9.72. The van der Waals surface area contributed by atoms with E-state index < -0.39 is 6.09 Å². The van der Waals surface area contributed by atoms with Gasteiger partial charge in [-0.15, -0.1) is 11.3 Å². The van der Waals surface area contributed by atoms with Crippen molar-refractivity contribution in [2.45, 2.75) is 6.54 Å². The van der Waals surface area contributed by atoms with Crippen LogP contribution < -0.4 is 10.1 Å². The summed E-state index contributed by atoms with van der Waals surface area (Å²) in [7, 11) is 0. The first kappa shape index (κ1) is 12.9. The second-order valence-corrected chi connectivity index (χ2v) is 5.01. The van der Waals surface area contributed by atoms with Gasteiger partial charge in [0, 0.05) is 0 Å². The molecule has 3 aromatic heterocycles. The third-order valence-corrected chi connectivity index (χ3v) is 3.48. The van der Waals surface area contributed by atoms with Crippen LogP contribution in [0.2, 0.25) is 5.28 Å². The van der Waals surface area contributed by atoms with Gasteiger partial charge in [0.1, 0.15) is 10.5 Å². The molecule has 0 saturated carbocycles. The fourth-order valence-electron chi connectivity index (χ4n) is 1.58. The van der Waals surface area contributed by atoms with Gasteiger partial charge in [-0.1, -0.05) is 0 Å².